The molecule has 1 heterocycles. The molecule has 1 N–H and O–H groups in total. The van der Waals surface area contributed by atoms with Crippen LogP contribution in [-0.2, 0) is 4.79 Å². The van der Waals surface area contributed by atoms with Gasteiger partial charge in [-0.15, -0.1) is 0 Å². The lowest BCUT2D eigenvalue weighted by Gasteiger charge is -2.32. The molecule has 2 fully saturated rings. The van der Waals surface area contributed by atoms with E-state index in [1.807, 2.05) is 36.4 Å². The van der Waals surface area contributed by atoms with Crippen molar-refractivity contribution in [2.75, 3.05) is 25.5 Å². The van der Waals surface area contributed by atoms with E-state index in [1.54, 1.807) is 36.3 Å². The number of piperidine rings is 1. The number of hydrogen-bond acceptors (Lipinski definition) is 4. The number of carbonyl (C=O) groups excluding carboxylic acids is 3. The van der Waals surface area contributed by atoms with Gasteiger partial charge in [0, 0.05) is 30.5 Å². The summed E-state index contributed by atoms with van der Waals surface area (Å²) in [7, 11) is 1.60. The van der Waals surface area contributed by atoms with Crippen molar-refractivity contribution in [2.45, 2.75) is 25.7 Å². The Hall–Kier alpha value is -3.67. The Morgan fingerprint density at radius 3 is 2.12 bits per heavy atom. The maximum Gasteiger partial charge on any atom is 0.255 e. The molecule has 2 aliphatic rings. The molecule has 2 amide bonds. The van der Waals surface area contributed by atoms with Crippen molar-refractivity contribution in [3.63, 3.8) is 0 Å². The van der Waals surface area contributed by atoms with Crippen LogP contribution in [-0.4, -0.2) is 42.7 Å². The number of nitrogens with one attached hydrogen (secondary N) is 1. The number of anilines is 1. The number of benzene rings is 3. The lowest BCUT2D eigenvalue weighted by molar-refractivity contribution is -0.117. The van der Waals surface area contributed by atoms with Gasteiger partial charge in [-0.3, -0.25) is 14.4 Å². The van der Waals surface area contributed by atoms with Gasteiger partial charge in [-0.2, -0.15) is 0 Å². The van der Waals surface area contributed by atoms with E-state index in [-0.39, 0.29) is 29.4 Å². The zero-order valence-electron chi connectivity index (χ0n) is 19.3. The Labute approximate surface area is 198 Å². The number of carbonyl (C=O) groups is 3. The molecule has 1 saturated heterocycles. The van der Waals surface area contributed by atoms with Crippen molar-refractivity contribution in [1.82, 2.24) is 4.90 Å². The van der Waals surface area contributed by atoms with E-state index < -0.39 is 0 Å². The van der Waals surface area contributed by atoms with Gasteiger partial charge in [0.25, 0.3) is 5.91 Å². The molecule has 6 heteroatoms. The quantitative estimate of drug-likeness (QED) is 0.534. The summed E-state index contributed by atoms with van der Waals surface area (Å²) >= 11 is 0. The Kier molecular flexibility index (Phi) is 6.05. The van der Waals surface area contributed by atoms with Gasteiger partial charge in [-0.05, 0) is 72.9 Å². The van der Waals surface area contributed by atoms with E-state index in [1.165, 1.54) is 0 Å². The van der Waals surface area contributed by atoms with Crippen molar-refractivity contribution in [3.05, 3.63) is 71.8 Å². The van der Waals surface area contributed by atoms with Gasteiger partial charge >= 0.3 is 0 Å². The summed E-state index contributed by atoms with van der Waals surface area (Å²) in [5.74, 6) is 0.646. The van der Waals surface area contributed by atoms with Gasteiger partial charge in [0.05, 0.1) is 18.4 Å². The van der Waals surface area contributed by atoms with Crippen LogP contribution in [0.1, 0.15) is 46.4 Å². The Morgan fingerprint density at radius 1 is 0.853 bits per heavy atom. The molecule has 1 aliphatic heterocycles. The summed E-state index contributed by atoms with van der Waals surface area (Å²) in [4.78, 5) is 40.7. The van der Waals surface area contributed by atoms with E-state index in [0.29, 0.717) is 42.7 Å². The first-order valence-corrected chi connectivity index (χ1v) is 11.8. The Bertz CT molecular complexity index is 1240. The summed E-state index contributed by atoms with van der Waals surface area (Å²) in [6, 6.07) is 18.8. The average Bonchev–Trinajstić information content (AvgIpc) is 3.73. The number of methoxy groups -OCH3 is 1. The second-order valence-corrected chi connectivity index (χ2v) is 9.17. The van der Waals surface area contributed by atoms with Crippen molar-refractivity contribution in [2.24, 2.45) is 11.8 Å². The molecule has 174 valence electrons. The molecule has 3 aromatic carbocycles. The van der Waals surface area contributed by atoms with Crippen molar-refractivity contribution in [3.8, 4) is 5.75 Å². The number of nitrogens with zero attached hydrogens (tertiary/aromatic N) is 1. The molecule has 1 saturated carbocycles. The average molecular weight is 457 g/mol. The summed E-state index contributed by atoms with van der Waals surface area (Å²) < 4.78 is 5.17. The second kappa shape index (κ2) is 9.29. The number of likely N-dealkylation sites (tertiary alicyclic amines) is 1. The number of hydrogen-bond donors (Lipinski definition) is 1. The van der Waals surface area contributed by atoms with Gasteiger partial charge in [-0.25, -0.2) is 0 Å². The van der Waals surface area contributed by atoms with Crippen molar-refractivity contribution < 1.29 is 19.1 Å². The van der Waals surface area contributed by atoms with E-state index >= 15 is 0 Å². The minimum atomic E-state index is -0.108. The number of ketones is 1. The molecule has 3 aromatic rings. The van der Waals surface area contributed by atoms with Crippen LogP contribution in [0.3, 0.4) is 0 Å². The lowest BCUT2D eigenvalue weighted by Crippen LogP contribution is -2.40. The molecular weight excluding hydrogens is 428 g/mol. The van der Waals surface area contributed by atoms with E-state index in [9.17, 15) is 14.4 Å². The zero-order valence-corrected chi connectivity index (χ0v) is 19.3. The molecule has 1 aliphatic carbocycles. The Balaban J connectivity index is 1.32. The van der Waals surface area contributed by atoms with Crippen molar-refractivity contribution in [1.29, 1.82) is 0 Å². The molecule has 0 aromatic heterocycles. The molecular formula is C28H28N2O4. The molecule has 0 unspecified atom stereocenters. The van der Waals surface area contributed by atoms with E-state index in [0.717, 1.165) is 29.4 Å². The monoisotopic (exact) mass is 456 g/mol. The Morgan fingerprint density at radius 2 is 1.50 bits per heavy atom. The third-order valence-electron chi connectivity index (χ3n) is 6.85. The van der Waals surface area contributed by atoms with E-state index in [4.69, 9.17) is 4.74 Å². The molecule has 0 spiro atoms. The third kappa shape index (κ3) is 4.53. The van der Waals surface area contributed by atoms with Gasteiger partial charge in [0.1, 0.15) is 5.75 Å². The normalized spacial score (nSPS) is 16.3. The van der Waals surface area contributed by atoms with Crippen LogP contribution in [0.15, 0.2) is 60.7 Å². The second-order valence-electron chi connectivity index (χ2n) is 9.17. The lowest BCUT2D eigenvalue weighted by atomic mass is 9.88. The van der Waals surface area contributed by atoms with Crippen LogP contribution in [0, 0.1) is 11.8 Å². The highest BCUT2D eigenvalue weighted by Crippen LogP contribution is 2.33. The third-order valence-corrected chi connectivity index (χ3v) is 6.85. The highest BCUT2D eigenvalue weighted by Gasteiger charge is 2.32. The molecule has 6 nitrogen and oxygen atoms in total. The number of Topliss-reactive ketones (excluding diaryl/α,β-unsaturated/α-hetero) is 1. The highest BCUT2D eigenvalue weighted by atomic mass is 16.5. The number of rotatable bonds is 6. The molecule has 0 atom stereocenters. The summed E-state index contributed by atoms with van der Waals surface area (Å²) in [5.41, 5.74) is 1.75. The van der Waals surface area contributed by atoms with Crippen LogP contribution in [0.4, 0.5) is 5.69 Å². The summed E-state index contributed by atoms with van der Waals surface area (Å²) in [6.45, 7) is 1.02. The maximum absolute atomic E-state index is 13.5. The topological polar surface area (TPSA) is 75.7 Å². The fourth-order valence-electron chi connectivity index (χ4n) is 4.61. The van der Waals surface area contributed by atoms with Gasteiger partial charge in [-0.1, -0.05) is 24.3 Å². The smallest absolute Gasteiger partial charge is 0.255 e. The highest BCUT2D eigenvalue weighted by molar-refractivity contribution is 6.08. The van der Waals surface area contributed by atoms with Crippen LogP contribution in [0.5, 0.6) is 5.75 Å². The van der Waals surface area contributed by atoms with Crippen LogP contribution >= 0.6 is 0 Å². The minimum absolute atomic E-state index is 0.0203. The first-order chi connectivity index (χ1) is 16.5. The molecule has 0 bridgehead atoms. The van der Waals surface area contributed by atoms with Crippen molar-refractivity contribution >= 4 is 34.1 Å². The van der Waals surface area contributed by atoms with E-state index in [2.05, 4.69) is 5.32 Å². The predicted molar refractivity (Wildman–Crippen MR) is 131 cm³/mol. The fraction of sp³-hybridized carbons (Fsp3) is 0.321. The van der Waals surface area contributed by atoms with Crippen LogP contribution < -0.4 is 10.1 Å². The number of ether oxygens (including phenoxy) is 1. The van der Waals surface area contributed by atoms with Gasteiger partial charge in [0.15, 0.2) is 5.78 Å². The number of fused-ring (bicyclic) bond motifs is 1. The summed E-state index contributed by atoms with van der Waals surface area (Å²) in [6.07, 6.45) is 3.04. The van der Waals surface area contributed by atoms with Gasteiger partial charge in [0.2, 0.25) is 5.91 Å². The predicted octanol–water partition coefficient (Wildman–Crippen LogP) is 4.93. The van der Waals surface area contributed by atoms with Gasteiger partial charge < -0.3 is 15.0 Å². The van der Waals surface area contributed by atoms with Crippen LogP contribution in [0.25, 0.3) is 10.8 Å². The first-order valence-electron chi connectivity index (χ1n) is 11.8. The molecule has 34 heavy (non-hydrogen) atoms. The standard InChI is InChI=1S/C28H28N2O4/c1-34-23-10-8-18(9-11-23)26(31)19-12-14-30(15-13-19)28(33)24-16-21-4-2-3-5-22(21)17-25(24)29-27(32)20-6-7-20/h2-5,8-11,16-17,19-20H,6-7,12-15H2,1H3,(H,29,32). The maximum atomic E-state index is 13.5. The minimum Gasteiger partial charge on any atom is -0.497 e. The van der Waals surface area contributed by atoms with Crippen LogP contribution in [0.2, 0.25) is 0 Å². The molecule has 5 rings (SSSR count). The summed E-state index contributed by atoms with van der Waals surface area (Å²) in [5, 5.41) is 4.93. The SMILES string of the molecule is COc1ccc(C(=O)C2CCN(C(=O)c3cc4ccccc4cc3NC(=O)C3CC3)CC2)cc1. The zero-order chi connectivity index (χ0) is 23.7. The fourth-order valence-corrected chi connectivity index (χ4v) is 4.61. The molecule has 0 radical (unpaired) electrons. The number of amides is 2. The largest absolute Gasteiger partial charge is 0.497 e. The first kappa shape index (κ1) is 22.1.